The van der Waals surface area contributed by atoms with Crippen LogP contribution in [0.1, 0.15) is 13.3 Å². The van der Waals surface area contributed by atoms with Gasteiger partial charge in [0.25, 0.3) is 5.91 Å². The second-order valence-corrected chi connectivity index (χ2v) is 4.16. The summed E-state index contributed by atoms with van der Waals surface area (Å²) in [7, 11) is 0. The molecular weight excluding hydrogens is 234 g/mol. The van der Waals surface area contributed by atoms with Gasteiger partial charge in [0, 0.05) is 0 Å². The maximum absolute atomic E-state index is 11.9. The summed E-state index contributed by atoms with van der Waals surface area (Å²) in [5.41, 5.74) is 0. The van der Waals surface area contributed by atoms with Crippen LogP contribution in [0.15, 0.2) is 24.3 Å². The second kappa shape index (κ2) is 5.73. The first-order valence-corrected chi connectivity index (χ1v) is 6.04. The molecule has 2 atom stereocenters. The summed E-state index contributed by atoms with van der Waals surface area (Å²) in [6.45, 7) is 2.01. The van der Waals surface area contributed by atoms with E-state index < -0.39 is 6.10 Å². The van der Waals surface area contributed by atoms with Crippen molar-refractivity contribution in [1.82, 2.24) is 5.32 Å². The normalized spacial score (nSPS) is 19.1. The average Bonchev–Trinajstić information content (AvgIpc) is 2.44. The average molecular weight is 251 g/mol. The van der Waals surface area contributed by atoms with Gasteiger partial charge in [0.15, 0.2) is 11.5 Å². The van der Waals surface area contributed by atoms with E-state index in [4.69, 9.17) is 14.6 Å². The number of hydrogen-bond donors (Lipinski definition) is 2. The van der Waals surface area contributed by atoms with E-state index in [1.54, 1.807) is 12.1 Å². The fourth-order valence-electron chi connectivity index (χ4n) is 1.72. The summed E-state index contributed by atoms with van der Waals surface area (Å²) in [4.78, 5) is 11.9. The molecule has 5 nitrogen and oxygen atoms in total. The molecule has 0 saturated heterocycles. The van der Waals surface area contributed by atoms with Crippen molar-refractivity contribution in [3.05, 3.63) is 24.3 Å². The molecule has 98 valence electrons. The zero-order valence-corrected chi connectivity index (χ0v) is 10.3. The third-order valence-corrected chi connectivity index (χ3v) is 2.86. The molecule has 2 rings (SSSR count). The molecule has 1 aliphatic rings. The van der Waals surface area contributed by atoms with Crippen LogP contribution in [-0.2, 0) is 4.79 Å². The van der Waals surface area contributed by atoms with E-state index >= 15 is 0 Å². The van der Waals surface area contributed by atoms with Crippen LogP contribution in [0.2, 0.25) is 0 Å². The van der Waals surface area contributed by atoms with E-state index in [1.165, 1.54) is 0 Å². The van der Waals surface area contributed by atoms with Gasteiger partial charge in [-0.25, -0.2) is 0 Å². The Labute approximate surface area is 106 Å². The highest BCUT2D eigenvalue weighted by atomic mass is 16.6. The lowest BCUT2D eigenvalue weighted by atomic mass is 10.2. The van der Waals surface area contributed by atoms with Gasteiger partial charge in [-0.2, -0.15) is 0 Å². The molecule has 0 aromatic heterocycles. The summed E-state index contributed by atoms with van der Waals surface area (Å²) in [6.07, 6.45) is 0.00682. The minimum Gasteiger partial charge on any atom is -0.485 e. The predicted molar refractivity (Wildman–Crippen MR) is 65.7 cm³/mol. The largest absolute Gasteiger partial charge is 0.485 e. The molecule has 0 fully saturated rings. The predicted octanol–water partition coefficient (Wildman–Crippen LogP) is 0.713. The first kappa shape index (κ1) is 12.7. The van der Waals surface area contributed by atoms with E-state index in [-0.39, 0.29) is 25.2 Å². The third kappa shape index (κ3) is 2.73. The van der Waals surface area contributed by atoms with Crippen LogP contribution in [0.5, 0.6) is 11.5 Å². The van der Waals surface area contributed by atoms with Crippen LogP contribution >= 0.6 is 0 Å². The molecule has 1 amide bonds. The van der Waals surface area contributed by atoms with Crippen LogP contribution in [0, 0.1) is 0 Å². The number of nitrogens with one attached hydrogen (secondary N) is 1. The van der Waals surface area contributed by atoms with Crippen molar-refractivity contribution in [2.75, 3.05) is 13.2 Å². The Hall–Kier alpha value is -1.75. The first-order valence-electron chi connectivity index (χ1n) is 6.04. The van der Waals surface area contributed by atoms with Crippen LogP contribution in [0.25, 0.3) is 0 Å². The Kier molecular flexibility index (Phi) is 4.04. The number of benzene rings is 1. The lowest BCUT2D eigenvalue weighted by Gasteiger charge is -2.26. The summed E-state index contributed by atoms with van der Waals surface area (Å²) in [5.74, 6) is 0.960. The van der Waals surface area contributed by atoms with Crippen LogP contribution in [-0.4, -0.2) is 36.4 Å². The van der Waals surface area contributed by atoms with E-state index in [0.29, 0.717) is 17.9 Å². The Morgan fingerprint density at radius 3 is 2.89 bits per heavy atom. The molecule has 1 heterocycles. The molecule has 5 heteroatoms. The highest BCUT2D eigenvalue weighted by molar-refractivity contribution is 5.82. The van der Waals surface area contributed by atoms with Gasteiger partial charge in [0.2, 0.25) is 6.10 Å². The van der Waals surface area contributed by atoms with E-state index in [0.717, 1.165) is 0 Å². The number of fused-ring (bicyclic) bond motifs is 1. The summed E-state index contributed by atoms with van der Waals surface area (Å²) in [5, 5.41) is 11.8. The minimum absolute atomic E-state index is 0.0770. The second-order valence-electron chi connectivity index (χ2n) is 4.16. The number of carbonyl (C=O) groups is 1. The molecule has 0 aliphatic carbocycles. The number of hydrogen-bond acceptors (Lipinski definition) is 4. The lowest BCUT2D eigenvalue weighted by molar-refractivity contribution is -0.131. The standard InChI is InChI=1S/C13H17NO4/c1-2-9(7-15)14-13(16)12-8-17-10-5-3-4-6-11(10)18-12/h3-6,9,12,15H,2,7-8H2,1H3,(H,14,16). The van der Waals surface area contributed by atoms with E-state index in [9.17, 15) is 4.79 Å². The Bertz CT molecular complexity index is 417. The number of para-hydroxylation sites is 2. The van der Waals surface area contributed by atoms with E-state index in [1.807, 2.05) is 19.1 Å². The lowest BCUT2D eigenvalue weighted by Crippen LogP contribution is -2.48. The highest BCUT2D eigenvalue weighted by Gasteiger charge is 2.28. The van der Waals surface area contributed by atoms with Crippen LogP contribution in [0.4, 0.5) is 0 Å². The zero-order chi connectivity index (χ0) is 13.0. The summed E-state index contributed by atoms with van der Waals surface area (Å²) in [6, 6.07) is 7.00. The summed E-state index contributed by atoms with van der Waals surface area (Å²) >= 11 is 0. The zero-order valence-electron chi connectivity index (χ0n) is 10.3. The molecule has 18 heavy (non-hydrogen) atoms. The van der Waals surface area contributed by atoms with Gasteiger partial charge in [-0.15, -0.1) is 0 Å². The molecule has 2 N–H and O–H groups in total. The van der Waals surface area contributed by atoms with Gasteiger partial charge < -0.3 is 19.9 Å². The number of aliphatic hydroxyl groups excluding tert-OH is 1. The SMILES string of the molecule is CCC(CO)NC(=O)C1COc2ccccc2O1. The monoisotopic (exact) mass is 251 g/mol. The maximum Gasteiger partial charge on any atom is 0.264 e. The molecule has 0 radical (unpaired) electrons. The van der Waals surface area contributed by atoms with Gasteiger partial charge >= 0.3 is 0 Å². The van der Waals surface area contributed by atoms with Crippen molar-refractivity contribution >= 4 is 5.91 Å². The molecule has 0 saturated carbocycles. The molecule has 2 unspecified atom stereocenters. The number of amides is 1. The number of rotatable bonds is 4. The van der Waals surface area contributed by atoms with E-state index in [2.05, 4.69) is 5.32 Å². The quantitative estimate of drug-likeness (QED) is 0.827. The number of carbonyl (C=O) groups excluding carboxylic acids is 1. The van der Waals surface area contributed by atoms with Gasteiger partial charge in [-0.05, 0) is 18.6 Å². The number of ether oxygens (including phenoxy) is 2. The third-order valence-electron chi connectivity index (χ3n) is 2.86. The first-order chi connectivity index (χ1) is 8.74. The maximum atomic E-state index is 11.9. The molecule has 1 aromatic carbocycles. The molecule has 1 aromatic rings. The van der Waals surface area contributed by atoms with Crippen molar-refractivity contribution in [3.63, 3.8) is 0 Å². The highest BCUT2D eigenvalue weighted by Crippen LogP contribution is 2.30. The molecule has 1 aliphatic heterocycles. The number of aliphatic hydroxyl groups is 1. The van der Waals surface area contributed by atoms with Crippen molar-refractivity contribution < 1.29 is 19.4 Å². The smallest absolute Gasteiger partial charge is 0.264 e. The van der Waals surface area contributed by atoms with Gasteiger partial charge in [-0.1, -0.05) is 19.1 Å². The molecule has 0 spiro atoms. The minimum atomic E-state index is -0.666. The van der Waals surface area contributed by atoms with Crippen LogP contribution < -0.4 is 14.8 Å². The van der Waals surface area contributed by atoms with Crippen LogP contribution in [0.3, 0.4) is 0 Å². The molecule has 0 bridgehead atoms. The van der Waals surface area contributed by atoms with Crippen molar-refractivity contribution in [1.29, 1.82) is 0 Å². The fourth-order valence-corrected chi connectivity index (χ4v) is 1.72. The van der Waals surface area contributed by atoms with Gasteiger partial charge in [0.05, 0.1) is 12.6 Å². The Balaban J connectivity index is 1.98. The van der Waals surface area contributed by atoms with Gasteiger partial charge in [0.1, 0.15) is 6.61 Å². The summed E-state index contributed by atoms with van der Waals surface area (Å²) < 4.78 is 11.0. The van der Waals surface area contributed by atoms with Crippen molar-refractivity contribution in [2.45, 2.75) is 25.5 Å². The van der Waals surface area contributed by atoms with Gasteiger partial charge in [-0.3, -0.25) is 4.79 Å². The van der Waals surface area contributed by atoms with Crippen molar-refractivity contribution in [2.24, 2.45) is 0 Å². The topological polar surface area (TPSA) is 67.8 Å². The fraction of sp³-hybridized carbons (Fsp3) is 0.462. The Morgan fingerprint density at radius 2 is 2.22 bits per heavy atom. The molecular formula is C13H17NO4. The van der Waals surface area contributed by atoms with Crippen molar-refractivity contribution in [3.8, 4) is 11.5 Å². The Morgan fingerprint density at radius 1 is 1.50 bits per heavy atom.